The first-order valence-electron chi connectivity index (χ1n) is 8.15. The maximum absolute atomic E-state index is 5.91. The van der Waals surface area contributed by atoms with Crippen molar-refractivity contribution in [3.63, 3.8) is 0 Å². The number of morpholine rings is 1. The summed E-state index contributed by atoms with van der Waals surface area (Å²) in [5.74, 6) is 1.05. The van der Waals surface area contributed by atoms with E-state index in [1.54, 1.807) is 6.20 Å². The summed E-state index contributed by atoms with van der Waals surface area (Å²) in [6.45, 7) is 4.00. The van der Waals surface area contributed by atoms with Gasteiger partial charge >= 0.3 is 0 Å². The highest BCUT2D eigenvalue weighted by molar-refractivity contribution is 5.91. The fourth-order valence-electron chi connectivity index (χ4n) is 2.68. The minimum atomic E-state index is 0.0616. The van der Waals surface area contributed by atoms with Crippen LogP contribution in [0.25, 0.3) is 0 Å². The monoisotopic (exact) mass is 325 g/mol. The summed E-state index contributed by atoms with van der Waals surface area (Å²) in [6.07, 6.45) is 1.77. The average Bonchev–Trinajstić information content (AvgIpc) is 2.62. The van der Waals surface area contributed by atoms with Crippen molar-refractivity contribution in [2.45, 2.75) is 12.6 Å². The molecule has 3 rings (SSSR count). The summed E-state index contributed by atoms with van der Waals surface area (Å²) in [7, 11) is 0. The molecular weight excluding hydrogens is 302 g/mol. The van der Waals surface area contributed by atoms with Crippen LogP contribution in [0, 0.1) is 0 Å². The molecule has 1 aliphatic rings. The zero-order chi connectivity index (χ0) is 16.6. The number of aromatic nitrogens is 1. The van der Waals surface area contributed by atoms with E-state index in [2.05, 4.69) is 44.5 Å². The summed E-state index contributed by atoms with van der Waals surface area (Å²) in [5.41, 5.74) is 7.23. The number of hydrogen-bond donors (Lipinski definition) is 2. The molecule has 1 unspecified atom stereocenters. The number of nitrogens with zero attached hydrogens (tertiary/aromatic N) is 3. The molecule has 0 amide bonds. The Hall–Kier alpha value is -2.44. The van der Waals surface area contributed by atoms with Crippen LogP contribution < -0.4 is 11.1 Å². The molecule has 0 saturated carbocycles. The lowest BCUT2D eigenvalue weighted by atomic mass is 10.2. The predicted molar refractivity (Wildman–Crippen MR) is 95.8 cm³/mol. The van der Waals surface area contributed by atoms with Gasteiger partial charge in [-0.3, -0.25) is 9.89 Å². The maximum Gasteiger partial charge on any atom is 0.194 e. The number of aliphatic imine (C=N–C) groups is 1. The number of nitrogens with one attached hydrogen (secondary N) is 1. The van der Waals surface area contributed by atoms with Crippen molar-refractivity contribution in [1.29, 1.82) is 0 Å². The first-order valence-corrected chi connectivity index (χ1v) is 8.15. The number of pyridine rings is 1. The summed E-state index contributed by atoms with van der Waals surface area (Å²) in [6, 6.07) is 16.1. The summed E-state index contributed by atoms with van der Waals surface area (Å²) in [4.78, 5) is 10.9. The minimum Gasteiger partial charge on any atom is -0.374 e. The molecule has 1 fully saturated rings. The number of guanidine groups is 1. The molecule has 0 radical (unpaired) electrons. The molecule has 2 heterocycles. The van der Waals surface area contributed by atoms with Crippen LogP contribution in [-0.2, 0) is 11.3 Å². The molecule has 2 aromatic rings. The van der Waals surface area contributed by atoms with Gasteiger partial charge in [0.05, 0.1) is 19.3 Å². The number of benzene rings is 1. The molecule has 0 aliphatic carbocycles. The number of hydrogen-bond acceptors (Lipinski definition) is 4. The van der Waals surface area contributed by atoms with E-state index < -0.39 is 0 Å². The molecule has 1 aliphatic heterocycles. The van der Waals surface area contributed by atoms with Gasteiger partial charge in [0, 0.05) is 25.8 Å². The highest BCUT2D eigenvalue weighted by Gasteiger charge is 2.20. The number of anilines is 1. The molecule has 3 N–H and O–H groups in total. The summed E-state index contributed by atoms with van der Waals surface area (Å²) in [5, 5.41) is 2.98. The standard InChI is InChI=1S/C18H23N5O/c19-18(22-17-8-4-5-9-20-17)21-12-16-14-23(10-11-24-16)13-15-6-2-1-3-7-15/h1-9,16H,10-14H2,(H3,19,20,21,22). The third kappa shape index (κ3) is 5.04. The van der Waals surface area contributed by atoms with Gasteiger partial charge in [-0.25, -0.2) is 4.98 Å². The van der Waals surface area contributed by atoms with Crippen molar-refractivity contribution in [3.05, 3.63) is 60.3 Å². The lowest BCUT2D eigenvalue weighted by Gasteiger charge is -2.32. The molecule has 6 nitrogen and oxygen atoms in total. The van der Waals surface area contributed by atoms with Gasteiger partial charge in [-0.05, 0) is 17.7 Å². The van der Waals surface area contributed by atoms with Crippen molar-refractivity contribution in [2.75, 3.05) is 31.6 Å². The molecule has 0 spiro atoms. The van der Waals surface area contributed by atoms with Gasteiger partial charge in [0.15, 0.2) is 5.96 Å². The van der Waals surface area contributed by atoms with Gasteiger partial charge in [0.25, 0.3) is 0 Å². The minimum absolute atomic E-state index is 0.0616. The molecule has 1 saturated heterocycles. The first-order chi connectivity index (χ1) is 11.8. The van der Waals surface area contributed by atoms with Gasteiger partial charge in [-0.1, -0.05) is 36.4 Å². The van der Waals surface area contributed by atoms with E-state index in [0.29, 0.717) is 18.3 Å². The summed E-state index contributed by atoms with van der Waals surface area (Å²) < 4.78 is 5.80. The third-order valence-corrected chi connectivity index (χ3v) is 3.86. The normalized spacial score (nSPS) is 19.2. The van der Waals surface area contributed by atoms with E-state index >= 15 is 0 Å². The van der Waals surface area contributed by atoms with Gasteiger partial charge in [0.1, 0.15) is 5.82 Å². The highest BCUT2D eigenvalue weighted by atomic mass is 16.5. The van der Waals surface area contributed by atoms with Gasteiger partial charge in [0.2, 0.25) is 0 Å². The maximum atomic E-state index is 5.91. The van der Waals surface area contributed by atoms with Gasteiger partial charge in [-0.15, -0.1) is 0 Å². The van der Waals surface area contributed by atoms with Crippen molar-refractivity contribution in [2.24, 2.45) is 10.7 Å². The van der Waals surface area contributed by atoms with Crippen molar-refractivity contribution >= 4 is 11.8 Å². The fraction of sp³-hybridized carbons (Fsp3) is 0.333. The third-order valence-electron chi connectivity index (χ3n) is 3.86. The van der Waals surface area contributed by atoms with Crippen LogP contribution in [0.3, 0.4) is 0 Å². The van der Waals surface area contributed by atoms with Crippen LogP contribution in [0.5, 0.6) is 0 Å². The average molecular weight is 325 g/mol. The summed E-state index contributed by atoms with van der Waals surface area (Å²) >= 11 is 0. The topological polar surface area (TPSA) is 75.8 Å². The Kier molecular flexibility index (Phi) is 5.76. The largest absolute Gasteiger partial charge is 0.374 e. The molecular formula is C18H23N5O. The lowest BCUT2D eigenvalue weighted by Crippen LogP contribution is -2.43. The number of nitrogens with two attached hydrogens (primary N) is 1. The van der Waals surface area contributed by atoms with Crippen LogP contribution in [0.2, 0.25) is 0 Å². The highest BCUT2D eigenvalue weighted by Crippen LogP contribution is 2.10. The molecule has 24 heavy (non-hydrogen) atoms. The van der Waals surface area contributed by atoms with Gasteiger partial charge < -0.3 is 15.8 Å². The Morgan fingerprint density at radius 1 is 1.25 bits per heavy atom. The van der Waals surface area contributed by atoms with Crippen molar-refractivity contribution < 1.29 is 4.74 Å². The molecule has 126 valence electrons. The second-order valence-electron chi connectivity index (χ2n) is 5.78. The van der Waals surface area contributed by atoms with Crippen molar-refractivity contribution in [3.8, 4) is 0 Å². The van der Waals surface area contributed by atoms with Crippen LogP contribution in [0.4, 0.5) is 5.82 Å². The zero-order valence-corrected chi connectivity index (χ0v) is 13.6. The second-order valence-corrected chi connectivity index (χ2v) is 5.78. The Labute approximate surface area is 142 Å². The number of ether oxygens (including phenoxy) is 1. The Balaban J connectivity index is 1.49. The Bertz CT molecular complexity index is 647. The fourth-order valence-corrected chi connectivity index (χ4v) is 2.68. The van der Waals surface area contributed by atoms with Crippen LogP contribution in [0.1, 0.15) is 5.56 Å². The van der Waals surface area contributed by atoms with Crippen LogP contribution in [-0.4, -0.2) is 48.2 Å². The van der Waals surface area contributed by atoms with Crippen molar-refractivity contribution in [1.82, 2.24) is 9.88 Å². The van der Waals surface area contributed by atoms with E-state index in [1.165, 1.54) is 5.56 Å². The Morgan fingerprint density at radius 3 is 2.88 bits per heavy atom. The first kappa shape index (κ1) is 16.4. The quantitative estimate of drug-likeness (QED) is 0.646. The van der Waals surface area contributed by atoms with Crippen LogP contribution >= 0.6 is 0 Å². The molecule has 0 bridgehead atoms. The van der Waals surface area contributed by atoms with E-state index in [4.69, 9.17) is 10.5 Å². The number of rotatable bonds is 5. The Morgan fingerprint density at radius 2 is 2.08 bits per heavy atom. The van der Waals surface area contributed by atoms with E-state index in [9.17, 15) is 0 Å². The molecule has 1 aromatic carbocycles. The van der Waals surface area contributed by atoms with Gasteiger partial charge in [-0.2, -0.15) is 0 Å². The second kappa shape index (κ2) is 8.42. The lowest BCUT2D eigenvalue weighted by molar-refractivity contribution is -0.0257. The SMILES string of the molecule is NC(=NCC1CN(Cc2ccccc2)CCO1)Nc1ccccn1. The molecule has 1 atom stereocenters. The van der Waals surface area contributed by atoms with Crippen LogP contribution in [0.15, 0.2) is 59.7 Å². The smallest absolute Gasteiger partial charge is 0.194 e. The molecule has 1 aromatic heterocycles. The van der Waals surface area contributed by atoms with E-state index in [-0.39, 0.29) is 6.10 Å². The predicted octanol–water partition coefficient (Wildman–Crippen LogP) is 1.71. The van der Waals surface area contributed by atoms with E-state index in [0.717, 1.165) is 26.2 Å². The molecule has 6 heteroatoms. The van der Waals surface area contributed by atoms with E-state index in [1.807, 2.05) is 24.3 Å². The zero-order valence-electron chi connectivity index (χ0n) is 13.6.